The van der Waals surface area contributed by atoms with Gasteiger partial charge in [0.1, 0.15) is 0 Å². The van der Waals surface area contributed by atoms with Gasteiger partial charge in [-0.15, -0.1) is 74.6 Å². The minimum Gasteiger partial charge on any atom is -0.184 e. The molecule has 9 rings (SSSR count). The molecule has 0 unspecified atom stereocenters. The third-order valence-electron chi connectivity index (χ3n) is 12.3. The monoisotopic (exact) mass is 917 g/mol. The zero-order valence-electron chi connectivity index (χ0n) is 37.4. The number of benzene rings is 6. The van der Waals surface area contributed by atoms with Crippen molar-refractivity contribution in [1.29, 1.82) is 0 Å². The van der Waals surface area contributed by atoms with Crippen molar-refractivity contribution in [3.63, 3.8) is 0 Å². The molecule has 2 radical (unpaired) electrons. The van der Waals surface area contributed by atoms with Gasteiger partial charge in [0.05, 0.1) is 9.52 Å². The smallest absolute Gasteiger partial charge is 0.0920 e. The van der Waals surface area contributed by atoms with E-state index in [1.165, 1.54) is 110 Å². The summed E-state index contributed by atoms with van der Waals surface area (Å²) in [6, 6.07) is 50.0. The maximum absolute atomic E-state index is 4.93. The van der Waals surface area contributed by atoms with E-state index < -0.39 is 20.8 Å². The van der Waals surface area contributed by atoms with Crippen molar-refractivity contribution in [3.05, 3.63) is 178 Å². The summed E-state index contributed by atoms with van der Waals surface area (Å²) in [5.41, 5.74) is 19.7. The topological polar surface area (TPSA) is 0 Å². The molecule has 8 aromatic carbocycles. The van der Waals surface area contributed by atoms with Crippen LogP contribution < -0.4 is 10.4 Å². The van der Waals surface area contributed by atoms with Crippen LogP contribution in [0, 0.1) is 47.6 Å². The Labute approximate surface area is 381 Å². The van der Waals surface area contributed by atoms with E-state index in [0.717, 1.165) is 9.52 Å². The van der Waals surface area contributed by atoms with E-state index in [0.29, 0.717) is 0 Å². The van der Waals surface area contributed by atoms with Crippen molar-refractivity contribution in [1.82, 2.24) is 0 Å². The molecule has 0 spiro atoms. The third-order valence-corrected chi connectivity index (χ3v) is 13.6. The normalized spacial score (nSPS) is 11.8. The Morgan fingerprint density at radius 1 is 0.483 bits per heavy atom. The van der Waals surface area contributed by atoms with Crippen LogP contribution in [-0.2, 0) is 31.7 Å². The molecule has 0 bridgehead atoms. The first-order chi connectivity index (χ1) is 28.4. The predicted molar refractivity (Wildman–Crippen MR) is 263 cm³/mol. The molecule has 0 saturated heterocycles. The van der Waals surface area contributed by atoms with Crippen LogP contribution >= 0.6 is 17.0 Å². The van der Waals surface area contributed by atoms with Gasteiger partial charge < -0.3 is 0 Å². The number of fused-ring (bicyclic) bond motifs is 5. The number of hydrogen-bond acceptors (Lipinski definition) is 0. The maximum atomic E-state index is 4.93. The average Bonchev–Trinajstić information content (AvgIpc) is 3.96. The van der Waals surface area contributed by atoms with E-state index in [1.54, 1.807) is 0 Å². The molecule has 0 aromatic heterocycles. The van der Waals surface area contributed by atoms with Gasteiger partial charge in [-0.3, -0.25) is 0 Å². The van der Waals surface area contributed by atoms with Crippen LogP contribution in [0.3, 0.4) is 0 Å². The molecule has 60 heavy (non-hydrogen) atoms. The molecule has 8 aromatic rings. The summed E-state index contributed by atoms with van der Waals surface area (Å²) in [4.78, 5) is 0. The molecule has 0 aliphatic carbocycles. The Morgan fingerprint density at radius 2 is 0.917 bits per heavy atom. The van der Waals surface area contributed by atoms with Crippen LogP contribution in [0.1, 0.15) is 86.1 Å². The minimum atomic E-state index is -0.826. The van der Waals surface area contributed by atoms with Gasteiger partial charge in [0, 0.05) is 0 Å². The average molecular weight is 920 g/mol. The first-order valence-corrected chi connectivity index (χ1v) is 28.1. The molecular formula is C56H57Cl2SiZr-3. The fourth-order valence-electron chi connectivity index (χ4n) is 8.03. The summed E-state index contributed by atoms with van der Waals surface area (Å²) in [5, 5.41) is 8.27. The Bertz CT molecular complexity index is 2580. The molecule has 0 saturated carbocycles. The van der Waals surface area contributed by atoms with Gasteiger partial charge in [0.15, 0.2) is 0 Å². The predicted octanol–water partition coefficient (Wildman–Crippen LogP) is 15.4. The zero-order chi connectivity index (χ0) is 43.5. The molecular weight excluding hydrogens is 863 g/mol. The Balaban J connectivity index is 0.000000150. The molecule has 306 valence electrons. The summed E-state index contributed by atoms with van der Waals surface area (Å²) in [7, 11) is 10.7. The van der Waals surface area contributed by atoms with Gasteiger partial charge in [-0.2, -0.15) is 41.6 Å². The first kappa shape index (κ1) is 45.7. The van der Waals surface area contributed by atoms with Gasteiger partial charge in [-0.05, 0) is 96.9 Å². The number of rotatable bonds is 2. The van der Waals surface area contributed by atoms with Crippen molar-refractivity contribution in [2.45, 2.75) is 93.9 Å². The van der Waals surface area contributed by atoms with Gasteiger partial charge in [0.25, 0.3) is 0 Å². The molecule has 1 aliphatic heterocycles. The van der Waals surface area contributed by atoms with Crippen LogP contribution in [0.5, 0.6) is 0 Å². The largest absolute Gasteiger partial charge is 0.184 e. The molecule has 4 heteroatoms. The summed E-state index contributed by atoms with van der Waals surface area (Å²) >= 11 is -0.826. The second-order valence-electron chi connectivity index (χ2n) is 18.2. The van der Waals surface area contributed by atoms with E-state index in [2.05, 4.69) is 210 Å². The standard InChI is InChI=1S/2C22H25.C12H7Si.2ClH.Zr/c2*1-14-10-11-19(16(3)15(14)2)20-9-7-8-17-12-18(13-21(17)20)22(4,5)6;1-3-7-11-9(5-1)10-6-2-4-8-12(10)13-11;;;/h2*7-13H,1-6H3;1-7H;2*1H;/q3*-1;;;+2/p-2. The second kappa shape index (κ2) is 19.1. The minimum absolute atomic E-state index is 0.189. The maximum Gasteiger partial charge on any atom is 0.0920 e. The quantitative estimate of drug-likeness (QED) is 0.120. The van der Waals surface area contributed by atoms with E-state index in [4.69, 9.17) is 17.0 Å². The summed E-state index contributed by atoms with van der Waals surface area (Å²) in [5.74, 6) is 0. The van der Waals surface area contributed by atoms with Crippen molar-refractivity contribution >= 4 is 58.5 Å². The van der Waals surface area contributed by atoms with Crippen LogP contribution in [0.2, 0.25) is 0 Å². The molecule has 0 atom stereocenters. The van der Waals surface area contributed by atoms with Crippen LogP contribution in [0.25, 0.3) is 54.9 Å². The summed E-state index contributed by atoms with van der Waals surface area (Å²) in [6.07, 6.45) is 0. The van der Waals surface area contributed by atoms with E-state index >= 15 is 0 Å². The molecule has 1 heterocycles. The van der Waals surface area contributed by atoms with Crippen molar-refractivity contribution in [2.24, 2.45) is 0 Å². The SMILES string of the molecule is Cc1ccc(-c2cccc3[cH-]c(C(C)(C)C)cc23)c(C)c1C.Cc1ccc(-c2cccc3[cH-]c(C(C)(C)C)cc23)c(C)c1C.[Cl][Zr][Cl].[c-]1cccc2c1[Si]c1ccccc1-2. The molecule has 0 N–H and O–H groups in total. The second-order valence-corrected chi connectivity index (χ2v) is 23.2. The molecule has 0 amide bonds. The molecule has 0 nitrogen and oxygen atoms in total. The fourth-order valence-corrected chi connectivity index (χ4v) is 9.34. The third kappa shape index (κ3) is 9.95. The number of hydrogen-bond donors (Lipinski definition) is 0. The van der Waals surface area contributed by atoms with E-state index in [9.17, 15) is 0 Å². The number of halogens is 2. The Kier molecular flexibility index (Phi) is 14.6. The van der Waals surface area contributed by atoms with Crippen molar-refractivity contribution in [3.8, 4) is 33.4 Å². The van der Waals surface area contributed by atoms with Crippen LogP contribution in [0.15, 0.2) is 127 Å². The van der Waals surface area contributed by atoms with Crippen LogP contribution in [0.4, 0.5) is 0 Å². The van der Waals surface area contributed by atoms with Gasteiger partial charge in [0.2, 0.25) is 0 Å². The molecule has 0 fully saturated rings. The number of aryl methyl sites for hydroxylation is 2. The van der Waals surface area contributed by atoms with Crippen molar-refractivity contribution < 1.29 is 20.8 Å². The Hall–Kier alpha value is -3.78. The van der Waals surface area contributed by atoms with Gasteiger partial charge in [-0.1, -0.05) is 124 Å². The zero-order valence-corrected chi connectivity index (χ0v) is 42.4. The van der Waals surface area contributed by atoms with E-state index in [1.807, 2.05) is 6.07 Å². The Morgan fingerprint density at radius 3 is 1.38 bits per heavy atom. The van der Waals surface area contributed by atoms with Gasteiger partial charge in [-0.25, -0.2) is 0 Å². The van der Waals surface area contributed by atoms with E-state index in [-0.39, 0.29) is 10.8 Å². The fraction of sp³-hybridized carbons (Fsp3) is 0.250. The summed E-state index contributed by atoms with van der Waals surface area (Å²) in [6.45, 7) is 27.0. The first-order valence-electron chi connectivity index (χ1n) is 20.8. The molecule has 1 aliphatic rings. The van der Waals surface area contributed by atoms with Crippen LogP contribution in [-0.4, -0.2) is 9.52 Å². The van der Waals surface area contributed by atoms with Crippen molar-refractivity contribution in [2.75, 3.05) is 0 Å². The summed E-state index contributed by atoms with van der Waals surface area (Å²) < 4.78 is 0. The van der Waals surface area contributed by atoms with Gasteiger partial charge >= 0.3 is 37.9 Å².